The van der Waals surface area contributed by atoms with Crippen LogP contribution in [0.2, 0.25) is 0 Å². The van der Waals surface area contributed by atoms with Crippen LogP contribution in [0.25, 0.3) is 16.1 Å². The van der Waals surface area contributed by atoms with E-state index in [1.165, 1.54) is 13.2 Å². The largest absolute Gasteiger partial charge is 0.508 e. The first kappa shape index (κ1) is 23.5. The lowest BCUT2D eigenvalue weighted by Crippen LogP contribution is -2.12. The van der Waals surface area contributed by atoms with E-state index in [1.54, 1.807) is 23.5 Å². The van der Waals surface area contributed by atoms with Gasteiger partial charge < -0.3 is 9.84 Å². The van der Waals surface area contributed by atoms with Gasteiger partial charge in [0.05, 0.1) is 30.9 Å². The van der Waals surface area contributed by atoms with E-state index in [0.29, 0.717) is 11.4 Å². The molecule has 1 N–H and O–H groups in total. The Kier molecular flexibility index (Phi) is 5.90. The average molecular weight is 498 g/mol. The SMILES string of the molecule is COC(=O)C[C@@H]1N=C(c2ccc(-c3ccc(O)cc3C#N)cc2)c2c(sc(C)c2C)-n2c(C)nnc21. The molecule has 2 aromatic carbocycles. The third-order valence-corrected chi connectivity index (χ3v) is 7.61. The Bertz CT molecular complexity index is 1570. The number of phenols is 1. The number of aromatic hydroxyl groups is 1. The number of benzene rings is 2. The number of nitrogens with zero attached hydrogens (tertiary/aromatic N) is 5. The predicted molar refractivity (Wildman–Crippen MR) is 137 cm³/mol. The van der Waals surface area contributed by atoms with Gasteiger partial charge in [-0.05, 0) is 55.7 Å². The number of aryl methyl sites for hydroxylation is 2. The van der Waals surface area contributed by atoms with Gasteiger partial charge in [0.2, 0.25) is 0 Å². The van der Waals surface area contributed by atoms with Crippen LogP contribution in [-0.4, -0.2) is 38.7 Å². The summed E-state index contributed by atoms with van der Waals surface area (Å²) in [5.41, 5.74) is 5.73. The second-order valence-electron chi connectivity index (χ2n) is 8.60. The molecule has 0 radical (unpaired) electrons. The van der Waals surface area contributed by atoms with Gasteiger partial charge in [0.1, 0.15) is 22.6 Å². The van der Waals surface area contributed by atoms with Crippen molar-refractivity contribution in [2.75, 3.05) is 7.11 Å². The number of methoxy groups -OCH3 is 1. The maximum atomic E-state index is 12.3. The number of carbonyl (C=O) groups is 1. The molecule has 1 aliphatic heterocycles. The number of phenolic OH excluding ortho intramolecular Hbond substituents is 1. The molecular weight excluding hydrogens is 474 g/mol. The number of aromatic nitrogens is 3. The maximum Gasteiger partial charge on any atom is 0.308 e. The molecule has 0 spiro atoms. The normalized spacial score (nSPS) is 14.3. The molecule has 0 bridgehead atoms. The second kappa shape index (κ2) is 9.06. The fraction of sp³-hybridized carbons (Fsp3) is 0.222. The summed E-state index contributed by atoms with van der Waals surface area (Å²) in [5, 5.41) is 28.9. The lowest BCUT2D eigenvalue weighted by atomic mass is 9.95. The van der Waals surface area contributed by atoms with Crippen LogP contribution in [0.15, 0.2) is 47.5 Å². The molecule has 1 aliphatic rings. The van der Waals surface area contributed by atoms with Gasteiger partial charge in [-0.25, -0.2) is 0 Å². The van der Waals surface area contributed by atoms with Crippen molar-refractivity contribution >= 4 is 23.0 Å². The molecular formula is C27H23N5O3S. The minimum absolute atomic E-state index is 0.0439. The molecule has 2 aromatic heterocycles. The van der Waals surface area contributed by atoms with Crippen molar-refractivity contribution in [2.24, 2.45) is 4.99 Å². The van der Waals surface area contributed by atoms with Gasteiger partial charge in [-0.3, -0.25) is 14.4 Å². The number of thiophene rings is 1. The van der Waals surface area contributed by atoms with Crippen LogP contribution in [0.3, 0.4) is 0 Å². The molecule has 0 unspecified atom stereocenters. The van der Waals surface area contributed by atoms with E-state index in [0.717, 1.165) is 49.2 Å². The van der Waals surface area contributed by atoms with Crippen molar-refractivity contribution in [1.82, 2.24) is 14.8 Å². The summed E-state index contributed by atoms with van der Waals surface area (Å²) in [6, 6.07) is 14.1. The first-order valence-electron chi connectivity index (χ1n) is 11.3. The molecule has 180 valence electrons. The van der Waals surface area contributed by atoms with Crippen LogP contribution in [-0.2, 0) is 9.53 Å². The summed E-state index contributed by atoms with van der Waals surface area (Å²) in [5.74, 6) is 1.01. The standard InChI is InChI=1S/C27H23N5O3S/c1-14-15(2)36-27-24(14)25(29-22(12-23(34)35-4)26-31-30-16(3)32(26)27)18-7-5-17(6-8-18)21-10-9-20(33)11-19(21)13-28/h5-11,22,33H,12H2,1-4H3/t22-/m0/s1. The van der Waals surface area contributed by atoms with Crippen molar-refractivity contribution < 1.29 is 14.6 Å². The topological polar surface area (TPSA) is 113 Å². The number of hydrogen-bond donors (Lipinski definition) is 1. The Balaban J connectivity index is 1.68. The molecule has 5 rings (SSSR count). The summed E-state index contributed by atoms with van der Waals surface area (Å²) in [6.07, 6.45) is 0.0439. The minimum atomic E-state index is -0.560. The quantitative estimate of drug-likeness (QED) is 0.399. The Morgan fingerprint density at radius 2 is 1.86 bits per heavy atom. The molecule has 9 heteroatoms. The van der Waals surface area contributed by atoms with E-state index in [9.17, 15) is 15.2 Å². The molecule has 0 amide bonds. The van der Waals surface area contributed by atoms with E-state index in [4.69, 9.17) is 9.73 Å². The Morgan fingerprint density at radius 3 is 2.56 bits per heavy atom. The van der Waals surface area contributed by atoms with Crippen LogP contribution >= 0.6 is 11.3 Å². The van der Waals surface area contributed by atoms with Crippen LogP contribution < -0.4 is 0 Å². The first-order chi connectivity index (χ1) is 17.3. The highest BCUT2D eigenvalue weighted by molar-refractivity contribution is 7.15. The second-order valence-corrected chi connectivity index (χ2v) is 9.80. The molecule has 4 aromatic rings. The zero-order valence-corrected chi connectivity index (χ0v) is 21.1. The summed E-state index contributed by atoms with van der Waals surface area (Å²) in [7, 11) is 1.36. The highest BCUT2D eigenvalue weighted by Gasteiger charge is 2.32. The lowest BCUT2D eigenvalue weighted by Gasteiger charge is -2.12. The van der Waals surface area contributed by atoms with Gasteiger partial charge in [0, 0.05) is 16.0 Å². The number of carbonyl (C=O) groups excluding carboxylic acids is 1. The highest BCUT2D eigenvalue weighted by atomic mass is 32.1. The van der Waals surface area contributed by atoms with E-state index in [-0.39, 0.29) is 18.1 Å². The fourth-order valence-corrected chi connectivity index (χ4v) is 5.66. The Labute approximate surface area is 212 Å². The number of rotatable bonds is 4. The van der Waals surface area contributed by atoms with Gasteiger partial charge in [-0.2, -0.15) is 5.26 Å². The van der Waals surface area contributed by atoms with Gasteiger partial charge >= 0.3 is 5.97 Å². The number of nitriles is 1. The summed E-state index contributed by atoms with van der Waals surface area (Å²) >= 11 is 1.65. The summed E-state index contributed by atoms with van der Waals surface area (Å²) in [6.45, 7) is 6.04. The Morgan fingerprint density at radius 1 is 1.14 bits per heavy atom. The number of esters is 1. The zero-order valence-electron chi connectivity index (χ0n) is 20.2. The number of aliphatic imine (C=N–C) groups is 1. The molecule has 36 heavy (non-hydrogen) atoms. The molecule has 0 aliphatic carbocycles. The predicted octanol–water partition coefficient (Wildman–Crippen LogP) is 4.95. The van der Waals surface area contributed by atoms with Crippen molar-refractivity contribution in [3.63, 3.8) is 0 Å². The van der Waals surface area contributed by atoms with Crippen LogP contribution in [0.1, 0.15) is 51.2 Å². The van der Waals surface area contributed by atoms with Crippen molar-refractivity contribution in [1.29, 1.82) is 5.26 Å². The van der Waals surface area contributed by atoms with E-state index < -0.39 is 6.04 Å². The monoisotopic (exact) mass is 497 g/mol. The average Bonchev–Trinajstić information content (AvgIpc) is 3.36. The van der Waals surface area contributed by atoms with Gasteiger partial charge in [-0.1, -0.05) is 24.3 Å². The van der Waals surface area contributed by atoms with Gasteiger partial charge in [0.25, 0.3) is 0 Å². The Hall–Kier alpha value is -4.29. The first-order valence-corrected chi connectivity index (χ1v) is 12.1. The fourth-order valence-electron chi connectivity index (χ4n) is 4.45. The number of ether oxygens (including phenoxy) is 1. The molecule has 1 atom stereocenters. The molecule has 0 fully saturated rings. The van der Waals surface area contributed by atoms with E-state index >= 15 is 0 Å². The smallest absolute Gasteiger partial charge is 0.308 e. The zero-order chi connectivity index (χ0) is 25.6. The third-order valence-electron chi connectivity index (χ3n) is 6.42. The lowest BCUT2D eigenvalue weighted by molar-refractivity contribution is -0.141. The molecule has 8 nitrogen and oxygen atoms in total. The molecule has 0 saturated carbocycles. The van der Waals surface area contributed by atoms with Crippen LogP contribution in [0, 0.1) is 32.1 Å². The van der Waals surface area contributed by atoms with Crippen molar-refractivity contribution in [3.8, 4) is 27.9 Å². The summed E-state index contributed by atoms with van der Waals surface area (Å²) < 4.78 is 6.94. The van der Waals surface area contributed by atoms with E-state index in [2.05, 4.69) is 30.1 Å². The third kappa shape index (κ3) is 3.85. The number of hydrogen-bond acceptors (Lipinski definition) is 8. The van der Waals surface area contributed by atoms with Gasteiger partial charge in [-0.15, -0.1) is 21.5 Å². The number of fused-ring (bicyclic) bond motifs is 3. The molecule has 0 saturated heterocycles. The van der Waals surface area contributed by atoms with Crippen LogP contribution in [0.5, 0.6) is 5.75 Å². The van der Waals surface area contributed by atoms with E-state index in [1.807, 2.05) is 35.8 Å². The highest BCUT2D eigenvalue weighted by Crippen LogP contribution is 2.40. The van der Waals surface area contributed by atoms with Crippen molar-refractivity contribution in [2.45, 2.75) is 33.2 Å². The summed E-state index contributed by atoms with van der Waals surface area (Å²) in [4.78, 5) is 18.5. The van der Waals surface area contributed by atoms with Crippen molar-refractivity contribution in [3.05, 3.63) is 81.2 Å². The van der Waals surface area contributed by atoms with Crippen LogP contribution in [0.4, 0.5) is 0 Å². The molecule has 3 heterocycles. The van der Waals surface area contributed by atoms with Gasteiger partial charge in [0.15, 0.2) is 5.82 Å². The maximum absolute atomic E-state index is 12.3. The minimum Gasteiger partial charge on any atom is -0.508 e.